The zero-order valence-electron chi connectivity index (χ0n) is 11.0. The van der Waals surface area contributed by atoms with E-state index in [0.717, 1.165) is 5.69 Å². The van der Waals surface area contributed by atoms with Gasteiger partial charge >= 0.3 is 5.97 Å². The normalized spacial score (nSPS) is 12.2. The fourth-order valence-corrected chi connectivity index (χ4v) is 1.59. The van der Waals surface area contributed by atoms with E-state index in [1.165, 1.54) is 0 Å². The Morgan fingerprint density at radius 3 is 2.17 bits per heavy atom. The largest absolute Gasteiger partial charge is 0.481 e. The summed E-state index contributed by atoms with van der Waals surface area (Å²) in [5.74, 6) is -1.71. The van der Waals surface area contributed by atoms with E-state index in [2.05, 4.69) is 0 Å². The number of carbonyl (C=O) groups excluding carboxylic acids is 1. The third kappa shape index (κ3) is 3.58. The maximum atomic E-state index is 12.1. The molecule has 1 amide bonds. The third-order valence-electron chi connectivity index (χ3n) is 2.71. The molecule has 0 fully saturated rings. The number of para-hydroxylation sites is 1. The Morgan fingerprint density at radius 2 is 1.72 bits per heavy atom. The second kappa shape index (κ2) is 6.19. The van der Waals surface area contributed by atoms with Gasteiger partial charge in [-0.3, -0.25) is 9.59 Å². The summed E-state index contributed by atoms with van der Waals surface area (Å²) in [6.45, 7) is 5.41. The zero-order chi connectivity index (χ0) is 13.7. The lowest BCUT2D eigenvalue weighted by Crippen LogP contribution is -2.39. The van der Waals surface area contributed by atoms with E-state index in [1.54, 1.807) is 11.8 Å². The van der Waals surface area contributed by atoms with Crippen LogP contribution < -0.4 is 4.90 Å². The Morgan fingerprint density at radius 1 is 1.17 bits per heavy atom. The maximum Gasteiger partial charge on any atom is 0.308 e. The first-order valence-corrected chi connectivity index (χ1v) is 6.02. The smallest absolute Gasteiger partial charge is 0.308 e. The van der Waals surface area contributed by atoms with Gasteiger partial charge in [-0.2, -0.15) is 0 Å². The van der Waals surface area contributed by atoms with Crippen LogP contribution in [0.4, 0.5) is 5.69 Å². The van der Waals surface area contributed by atoms with Gasteiger partial charge in [-0.25, -0.2) is 0 Å². The van der Waals surface area contributed by atoms with Crippen molar-refractivity contribution in [3.63, 3.8) is 0 Å². The molecule has 1 aromatic carbocycles. The summed E-state index contributed by atoms with van der Waals surface area (Å²) in [5.41, 5.74) is 0.740. The highest BCUT2D eigenvalue weighted by atomic mass is 16.4. The van der Waals surface area contributed by atoms with Gasteiger partial charge in [-0.05, 0) is 12.1 Å². The second-order valence-corrected chi connectivity index (χ2v) is 4.68. The molecule has 1 aromatic rings. The van der Waals surface area contributed by atoms with E-state index in [4.69, 9.17) is 5.11 Å². The summed E-state index contributed by atoms with van der Waals surface area (Å²) in [4.78, 5) is 24.6. The molecule has 1 N–H and O–H groups in total. The van der Waals surface area contributed by atoms with E-state index in [9.17, 15) is 9.59 Å². The van der Waals surface area contributed by atoms with Crippen molar-refractivity contribution in [2.75, 3.05) is 11.4 Å². The molecule has 1 unspecified atom stereocenters. The summed E-state index contributed by atoms with van der Waals surface area (Å²) in [6, 6.07) is 9.16. The molecule has 0 saturated carbocycles. The van der Waals surface area contributed by atoms with E-state index < -0.39 is 11.9 Å². The number of hydrogen-bond donors (Lipinski definition) is 1. The molecular weight excluding hydrogens is 230 g/mol. The van der Waals surface area contributed by atoms with Crippen LogP contribution in [0.5, 0.6) is 0 Å². The topological polar surface area (TPSA) is 57.6 Å². The fourth-order valence-electron chi connectivity index (χ4n) is 1.59. The monoisotopic (exact) mass is 249 g/mol. The molecule has 0 saturated heterocycles. The van der Waals surface area contributed by atoms with Gasteiger partial charge < -0.3 is 10.0 Å². The highest BCUT2D eigenvalue weighted by Gasteiger charge is 2.23. The quantitative estimate of drug-likeness (QED) is 0.871. The van der Waals surface area contributed by atoms with Crippen molar-refractivity contribution in [1.29, 1.82) is 0 Å². The predicted octanol–water partition coefficient (Wildman–Crippen LogP) is 2.40. The van der Waals surface area contributed by atoms with Gasteiger partial charge in [0.25, 0.3) is 0 Å². The van der Waals surface area contributed by atoms with Crippen LogP contribution in [0.25, 0.3) is 0 Å². The van der Waals surface area contributed by atoms with Crippen LogP contribution in [0.1, 0.15) is 20.8 Å². The molecule has 4 nitrogen and oxygen atoms in total. The van der Waals surface area contributed by atoms with Gasteiger partial charge in [0.15, 0.2) is 0 Å². The van der Waals surface area contributed by atoms with Crippen molar-refractivity contribution in [3.05, 3.63) is 30.3 Å². The van der Waals surface area contributed by atoms with E-state index in [-0.39, 0.29) is 18.4 Å². The first-order valence-electron chi connectivity index (χ1n) is 6.02. The van der Waals surface area contributed by atoms with E-state index >= 15 is 0 Å². The van der Waals surface area contributed by atoms with Gasteiger partial charge in [0.05, 0.1) is 5.92 Å². The lowest BCUT2D eigenvalue weighted by molar-refractivity contribution is -0.140. The number of nitrogens with zero attached hydrogens (tertiary/aromatic N) is 1. The average molecular weight is 249 g/mol. The Kier molecular flexibility index (Phi) is 4.89. The predicted molar refractivity (Wildman–Crippen MR) is 70.4 cm³/mol. The van der Waals surface area contributed by atoms with Gasteiger partial charge in [0.1, 0.15) is 0 Å². The molecule has 0 aromatic heterocycles. The van der Waals surface area contributed by atoms with Crippen molar-refractivity contribution < 1.29 is 14.7 Å². The van der Waals surface area contributed by atoms with Crippen LogP contribution in [0, 0.1) is 11.8 Å². The third-order valence-corrected chi connectivity index (χ3v) is 2.71. The minimum Gasteiger partial charge on any atom is -0.481 e. The van der Waals surface area contributed by atoms with Gasteiger partial charge in [-0.15, -0.1) is 0 Å². The number of carboxylic acids is 1. The molecule has 0 bridgehead atoms. The van der Waals surface area contributed by atoms with Crippen LogP contribution in [-0.4, -0.2) is 23.5 Å². The lowest BCUT2D eigenvalue weighted by atomic mass is 10.1. The lowest BCUT2D eigenvalue weighted by Gasteiger charge is -2.26. The summed E-state index contributed by atoms with van der Waals surface area (Å²) in [6.07, 6.45) is 0. The van der Waals surface area contributed by atoms with Crippen LogP contribution in [0.15, 0.2) is 30.3 Å². The molecule has 1 atom stereocenters. The average Bonchev–Trinajstić information content (AvgIpc) is 2.35. The van der Waals surface area contributed by atoms with Crippen molar-refractivity contribution in [3.8, 4) is 0 Å². The molecule has 0 aliphatic rings. The van der Waals surface area contributed by atoms with Crippen LogP contribution >= 0.6 is 0 Å². The second-order valence-electron chi connectivity index (χ2n) is 4.68. The number of carbonyl (C=O) groups is 2. The molecular formula is C14H19NO3. The van der Waals surface area contributed by atoms with Crippen molar-refractivity contribution in [1.82, 2.24) is 0 Å². The van der Waals surface area contributed by atoms with Gasteiger partial charge in [0.2, 0.25) is 5.91 Å². The summed E-state index contributed by atoms with van der Waals surface area (Å²) < 4.78 is 0. The minimum absolute atomic E-state index is 0.0608. The highest BCUT2D eigenvalue weighted by Crippen LogP contribution is 2.18. The highest BCUT2D eigenvalue weighted by molar-refractivity contribution is 5.95. The maximum absolute atomic E-state index is 12.1. The Hall–Kier alpha value is -1.84. The fraction of sp³-hybridized carbons (Fsp3) is 0.429. The Balaban J connectivity index is 2.96. The summed E-state index contributed by atoms with van der Waals surface area (Å²) in [5, 5.41) is 8.96. The number of benzene rings is 1. The standard InChI is InChI=1S/C14H19NO3/c1-10(2)13(16)15(9-11(3)14(17)18)12-7-5-4-6-8-12/h4-8,10-11H,9H2,1-3H3,(H,17,18). The molecule has 0 heterocycles. The van der Waals surface area contributed by atoms with E-state index in [1.807, 2.05) is 44.2 Å². The summed E-state index contributed by atoms with van der Waals surface area (Å²) >= 11 is 0. The van der Waals surface area contributed by atoms with Crippen molar-refractivity contribution >= 4 is 17.6 Å². The van der Waals surface area contributed by atoms with Crippen molar-refractivity contribution in [2.24, 2.45) is 11.8 Å². The van der Waals surface area contributed by atoms with E-state index in [0.29, 0.717) is 0 Å². The Bertz CT molecular complexity index is 414. The molecule has 0 aliphatic carbocycles. The molecule has 0 aliphatic heterocycles. The summed E-state index contributed by atoms with van der Waals surface area (Å²) in [7, 11) is 0. The number of rotatable bonds is 5. The molecule has 0 radical (unpaired) electrons. The van der Waals surface area contributed by atoms with Crippen LogP contribution in [0.3, 0.4) is 0 Å². The Labute approximate surface area is 107 Å². The minimum atomic E-state index is -0.896. The number of aliphatic carboxylic acids is 1. The first kappa shape index (κ1) is 14.2. The van der Waals surface area contributed by atoms with Crippen LogP contribution in [-0.2, 0) is 9.59 Å². The molecule has 18 heavy (non-hydrogen) atoms. The van der Waals surface area contributed by atoms with Crippen molar-refractivity contribution in [2.45, 2.75) is 20.8 Å². The first-order chi connectivity index (χ1) is 8.43. The van der Waals surface area contributed by atoms with Gasteiger partial charge in [0, 0.05) is 18.2 Å². The number of anilines is 1. The molecule has 1 rings (SSSR count). The number of carboxylic acid groups (broad SMARTS) is 1. The van der Waals surface area contributed by atoms with Crippen LogP contribution in [0.2, 0.25) is 0 Å². The molecule has 0 spiro atoms. The molecule has 4 heteroatoms. The molecule has 98 valence electrons. The number of amides is 1. The SMILES string of the molecule is CC(C)C(=O)N(CC(C)C(=O)O)c1ccccc1. The number of hydrogen-bond acceptors (Lipinski definition) is 2. The van der Waals surface area contributed by atoms with Gasteiger partial charge in [-0.1, -0.05) is 39.0 Å². The zero-order valence-corrected chi connectivity index (χ0v) is 11.0.